The number of hydrogen-bond donors (Lipinski definition) is 0. The number of aromatic nitrogens is 2. The van der Waals surface area contributed by atoms with Crippen molar-refractivity contribution in [3.05, 3.63) is 35.7 Å². The molecule has 0 aliphatic heterocycles. The number of hydrogen-bond acceptors (Lipinski definition) is 3. The van der Waals surface area contributed by atoms with E-state index in [1.165, 1.54) is 5.56 Å². The third kappa shape index (κ3) is 2.80. The van der Waals surface area contributed by atoms with Crippen LogP contribution in [0.2, 0.25) is 0 Å². The Labute approximate surface area is 116 Å². The summed E-state index contributed by atoms with van der Waals surface area (Å²) in [4.78, 5) is 0.133. The minimum Gasteiger partial charge on any atom is -0.419 e. The van der Waals surface area contributed by atoms with Crippen LogP contribution in [0.4, 0.5) is 0 Å². The van der Waals surface area contributed by atoms with E-state index in [-0.39, 0.29) is 4.83 Å². The van der Waals surface area contributed by atoms with Gasteiger partial charge in [-0.3, -0.25) is 0 Å². The molecule has 0 radical (unpaired) electrons. The van der Waals surface area contributed by atoms with Crippen molar-refractivity contribution in [3.63, 3.8) is 0 Å². The quantitative estimate of drug-likeness (QED) is 0.768. The van der Waals surface area contributed by atoms with E-state index in [2.05, 4.69) is 59.0 Å². The van der Waals surface area contributed by atoms with E-state index in [0.29, 0.717) is 17.7 Å². The molecule has 1 atom stereocenters. The number of alkyl halides is 1. The van der Waals surface area contributed by atoms with Gasteiger partial charge in [-0.15, -0.1) is 10.2 Å². The SMILES string of the molecule is CCC(Br)c1nnc(-c2ccc(C(C)C)cc2)o1. The molecule has 0 amide bonds. The minimum atomic E-state index is 0.133. The highest BCUT2D eigenvalue weighted by atomic mass is 79.9. The summed E-state index contributed by atoms with van der Waals surface area (Å²) in [5.41, 5.74) is 2.28. The molecule has 0 aliphatic carbocycles. The first kappa shape index (κ1) is 13.3. The van der Waals surface area contributed by atoms with Gasteiger partial charge in [0.2, 0.25) is 11.8 Å². The molecule has 1 unspecified atom stereocenters. The van der Waals surface area contributed by atoms with E-state index in [0.717, 1.165) is 12.0 Å². The molecule has 18 heavy (non-hydrogen) atoms. The fourth-order valence-corrected chi connectivity index (χ4v) is 1.85. The second-order valence-electron chi connectivity index (χ2n) is 4.60. The van der Waals surface area contributed by atoms with Gasteiger partial charge in [-0.1, -0.05) is 48.8 Å². The Morgan fingerprint density at radius 2 is 1.83 bits per heavy atom. The molecule has 0 saturated carbocycles. The van der Waals surface area contributed by atoms with Gasteiger partial charge in [0.1, 0.15) is 0 Å². The first-order valence-electron chi connectivity index (χ1n) is 6.19. The molecule has 96 valence electrons. The number of benzene rings is 1. The average Bonchev–Trinajstić information content (AvgIpc) is 2.87. The van der Waals surface area contributed by atoms with Crippen LogP contribution in [-0.2, 0) is 0 Å². The van der Waals surface area contributed by atoms with E-state index < -0.39 is 0 Å². The lowest BCUT2D eigenvalue weighted by Gasteiger charge is -2.04. The highest BCUT2D eigenvalue weighted by molar-refractivity contribution is 9.09. The van der Waals surface area contributed by atoms with Gasteiger partial charge in [-0.2, -0.15) is 0 Å². The Morgan fingerprint density at radius 3 is 2.39 bits per heavy atom. The lowest BCUT2D eigenvalue weighted by atomic mass is 10.0. The highest BCUT2D eigenvalue weighted by Crippen LogP contribution is 2.28. The fraction of sp³-hybridized carbons (Fsp3) is 0.429. The highest BCUT2D eigenvalue weighted by Gasteiger charge is 2.14. The van der Waals surface area contributed by atoms with Gasteiger partial charge in [-0.05, 0) is 30.0 Å². The molecule has 2 rings (SSSR count). The van der Waals surface area contributed by atoms with Crippen molar-refractivity contribution in [2.75, 3.05) is 0 Å². The Hall–Kier alpha value is -1.16. The van der Waals surface area contributed by atoms with Gasteiger partial charge >= 0.3 is 0 Å². The van der Waals surface area contributed by atoms with Gasteiger partial charge in [0.15, 0.2) is 0 Å². The zero-order valence-corrected chi connectivity index (χ0v) is 12.4. The summed E-state index contributed by atoms with van der Waals surface area (Å²) in [5, 5.41) is 8.14. The van der Waals surface area contributed by atoms with Crippen molar-refractivity contribution in [2.45, 2.75) is 37.9 Å². The van der Waals surface area contributed by atoms with Gasteiger partial charge in [0.05, 0.1) is 4.83 Å². The molecule has 2 aromatic rings. The summed E-state index contributed by atoms with van der Waals surface area (Å²) in [7, 11) is 0. The van der Waals surface area contributed by atoms with Crippen molar-refractivity contribution in [2.24, 2.45) is 0 Å². The zero-order valence-electron chi connectivity index (χ0n) is 10.9. The lowest BCUT2D eigenvalue weighted by molar-refractivity contribution is 0.500. The Kier molecular flexibility index (Phi) is 4.17. The summed E-state index contributed by atoms with van der Waals surface area (Å²) in [6.07, 6.45) is 0.925. The molecule has 1 heterocycles. The molecule has 0 fully saturated rings. The monoisotopic (exact) mass is 308 g/mol. The maximum absolute atomic E-state index is 5.65. The first-order chi connectivity index (χ1) is 8.61. The van der Waals surface area contributed by atoms with Crippen LogP contribution in [0.1, 0.15) is 49.4 Å². The van der Waals surface area contributed by atoms with Crippen molar-refractivity contribution in [1.29, 1.82) is 0 Å². The van der Waals surface area contributed by atoms with E-state index in [4.69, 9.17) is 4.42 Å². The Bertz CT molecular complexity index is 505. The largest absolute Gasteiger partial charge is 0.419 e. The number of halogens is 1. The van der Waals surface area contributed by atoms with E-state index in [1.54, 1.807) is 0 Å². The maximum Gasteiger partial charge on any atom is 0.247 e. The molecule has 0 aliphatic rings. The van der Waals surface area contributed by atoms with Gasteiger partial charge in [-0.25, -0.2) is 0 Å². The summed E-state index contributed by atoms with van der Waals surface area (Å²) in [6, 6.07) is 8.27. The van der Waals surface area contributed by atoms with Crippen molar-refractivity contribution < 1.29 is 4.42 Å². The number of rotatable bonds is 4. The standard InChI is InChI=1S/C14H17BrN2O/c1-4-12(15)14-17-16-13(18-14)11-7-5-10(6-8-11)9(2)3/h5-9,12H,4H2,1-3H3. The molecular formula is C14H17BrN2O. The van der Waals surface area contributed by atoms with Crippen LogP contribution in [0, 0.1) is 0 Å². The Balaban J connectivity index is 2.23. The molecule has 1 aromatic carbocycles. The maximum atomic E-state index is 5.65. The first-order valence-corrected chi connectivity index (χ1v) is 7.11. The molecule has 0 saturated heterocycles. The summed E-state index contributed by atoms with van der Waals surface area (Å²) >= 11 is 3.51. The minimum absolute atomic E-state index is 0.133. The van der Waals surface area contributed by atoms with Crippen LogP contribution in [0.25, 0.3) is 11.5 Å². The van der Waals surface area contributed by atoms with E-state index >= 15 is 0 Å². The second kappa shape index (κ2) is 5.65. The third-order valence-electron chi connectivity index (χ3n) is 2.89. The van der Waals surface area contributed by atoms with Crippen LogP contribution < -0.4 is 0 Å². The van der Waals surface area contributed by atoms with Crippen LogP contribution in [-0.4, -0.2) is 10.2 Å². The third-order valence-corrected chi connectivity index (χ3v) is 3.93. The van der Waals surface area contributed by atoms with Crippen molar-refractivity contribution >= 4 is 15.9 Å². The zero-order chi connectivity index (χ0) is 13.1. The molecular weight excluding hydrogens is 292 g/mol. The van der Waals surface area contributed by atoms with Gasteiger partial charge < -0.3 is 4.42 Å². The molecule has 1 aromatic heterocycles. The van der Waals surface area contributed by atoms with Gasteiger partial charge in [0, 0.05) is 5.56 Å². The van der Waals surface area contributed by atoms with Crippen molar-refractivity contribution in [1.82, 2.24) is 10.2 Å². The second-order valence-corrected chi connectivity index (χ2v) is 5.70. The van der Waals surface area contributed by atoms with Gasteiger partial charge in [0.25, 0.3) is 0 Å². The van der Waals surface area contributed by atoms with E-state index in [9.17, 15) is 0 Å². The van der Waals surface area contributed by atoms with Crippen molar-refractivity contribution in [3.8, 4) is 11.5 Å². The van der Waals surface area contributed by atoms with Crippen LogP contribution in [0.5, 0.6) is 0 Å². The van der Waals surface area contributed by atoms with Crippen LogP contribution in [0.15, 0.2) is 28.7 Å². The molecule has 4 heteroatoms. The number of nitrogens with zero attached hydrogens (tertiary/aromatic N) is 2. The molecule has 0 bridgehead atoms. The fourth-order valence-electron chi connectivity index (χ4n) is 1.66. The summed E-state index contributed by atoms with van der Waals surface area (Å²) < 4.78 is 5.65. The molecule has 0 N–H and O–H groups in total. The lowest BCUT2D eigenvalue weighted by Crippen LogP contribution is -1.86. The topological polar surface area (TPSA) is 38.9 Å². The van der Waals surface area contributed by atoms with E-state index in [1.807, 2.05) is 12.1 Å². The van der Waals surface area contributed by atoms with Crippen LogP contribution in [0.3, 0.4) is 0 Å². The summed E-state index contributed by atoms with van der Waals surface area (Å²) in [5.74, 6) is 1.75. The molecule has 0 spiro atoms. The average molecular weight is 309 g/mol. The smallest absolute Gasteiger partial charge is 0.247 e. The summed E-state index contributed by atoms with van der Waals surface area (Å²) in [6.45, 7) is 6.42. The van der Waals surface area contributed by atoms with Crippen LogP contribution >= 0.6 is 15.9 Å². The predicted molar refractivity (Wildman–Crippen MR) is 75.8 cm³/mol. The Morgan fingerprint density at radius 1 is 1.17 bits per heavy atom. The predicted octanol–water partition coefficient (Wildman–Crippen LogP) is 4.71. The normalized spacial score (nSPS) is 12.9. The molecule has 3 nitrogen and oxygen atoms in total.